The molecule has 0 saturated carbocycles. The number of nitrogens with zero attached hydrogens (tertiary/aromatic N) is 1. The van der Waals surface area contributed by atoms with E-state index in [1.807, 2.05) is 20.8 Å². The van der Waals surface area contributed by atoms with E-state index in [1.54, 1.807) is 0 Å². The molecule has 0 radical (unpaired) electrons. The number of ether oxygens (including phenoxy) is 1. The Morgan fingerprint density at radius 1 is 1.38 bits per heavy atom. The molecule has 6 nitrogen and oxygen atoms in total. The smallest absolute Gasteiger partial charge is 0.246 e. The molecule has 0 bridgehead atoms. The van der Waals surface area contributed by atoms with Gasteiger partial charge in [-0.3, -0.25) is 4.79 Å². The van der Waals surface area contributed by atoms with E-state index < -0.39 is 21.8 Å². The first-order chi connectivity index (χ1) is 12.0. The number of amides is 1. The van der Waals surface area contributed by atoms with Crippen molar-refractivity contribution in [3.05, 3.63) is 24.0 Å². The van der Waals surface area contributed by atoms with Crippen LogP contribution in [0.1, 0.15) is 33.6 Å². The number of piperidine rings is 1. The highest BCUT2D eigenvalue weighted by Gasteiger charge is 2.35. The molecule has 2 rings (SSSR count). The van der Waals surface area contributed by atoms with Crippen molar-refractivity contribution in [3.8, 4) is 5.75 Å². The van der Waals surface area contributed by atoms with Gasteiger partial charge in [0.15, 0.2) is 0 Å². The Labute approximate surface area is 154 Å². The SMILES string of the molecule is COc1ccc(F)cc1S(=O)(=O)N1CCC[C@H](C(=O)NCC(C)(C)C)C1. The largest absolute Gasteiger partial charge is 0.495 e. The van der Waals surface area contributed by atoms with Crippen molar-refractivity contribution in [2.24, 2.45) is 11.3 Å². The highest BCUT2D eigenvalue weighted by molar-refractivity contribution is 7.89. The lowest BCUT2D eigenvalue weighted by atomic mass is 9.95. The number of carbonyl (C=O) groups is 1. The number of sulfonamides is 1. The minimum absolute atomic E-state index is 0.0506. The molecule has 1 atom stereocenters. The second-order valence-electron chi connectivity index (χ2n) is 7.78. The first kappa shape index (κ1) is 20.6. The average Bonchev–Trinajstić information content (AvgIpc) is 2.59. The van der Waals surface area contributed by atoms with Gasteiger partial charge in [0.25, 0.3) is 0 Å². The van der Waals surface area contributed by atoms with Gasteiger partial charge in [-0.15, -0.1) is 0 Å². The summed E-state index contributed by atoms with van der Waals surface area (Å²) in [4.78, 5) is 12.2. The summed E-state index contributed by atoms with van der Waals surface area (Å²) in [5, 5.41) is 2.89. The van der Waals surface area contributed by atoms with Gasteiger partial charge < -0.3 is 10.1 Å². The molecule has 0 unspecified atom stereocenters. The second kappa shape index (κ2) is 7.92. The van der Waals surface area contributed by atoms with Gasteiger partial charge in [0, 0.05) is 19.6 Å². The molecule has 1 aromatic carbocycles. The molecule has 1 aliphatic rings. The number of hydrogen-bond acceptors (Lipinski definition) is 4. The van der Waals surface area contributed by atoms with E-state index >= 15 is 0 Å². The molecule has 146 valence electrons. The van der Waals surface area contributed by atoms with Gasteiger partial charge in [0.05, 0.1) is 13.0 Å². The fourth-order valence-corrected chi connectivity index (χ4v) is 4.55. The van der Waals surface area contributed by atoms with E-state index in [0.29, 0.717) is 25.9 Å². The van der Waals surface area contributed by atoms with Crippen LogP contribution in [0.5, 0.6) is 5.75 Å². The van der Waals surface area contributed by atoms with Crippen molar-refractivity contribution in [1.82, 2.24) is 9.62 Å². The zero-order valence-corrected chi connectivity index (χ0v) is 16.5. The molecule has 1 heterocycles. The predicted octanol–water partition coefficient (Wildman–Crippen LogP) is 2.40. The van der Waals surface area contributed by atoms with Gasteiger partial charge in [-0.25, -0.2) is 12.8 Å². The van der Waals surface area contributed by atoms with Crippen LogP contribution in [0.4, 0.5) is 4.39 Å². The fourth-order valence-electron chi connectivity index (χ4n) is 2.86. The fraction of sp³-hybridized carbons (Fsp3) is 0.611. The quantitative estimate of drug-likeness (QED) is 0.843. The summed E-state index contributed by atoms with van der Waals surface area (Å²) in [6.07, 6.45) is 1.20. The normalized spacial score (nSPS) is 19.2. The molecular weight excluding hydrogens is 359 g/mol. The monoisotopic (exact) mass is 386 g/mol. The Morgan fingerprint density at radius 3 is 2.69 bits per heavy atom. The van der Waals surface area contributed by atoms with E-state index in [1.165, 1.54) is 17.5 Å². The van der Waals surface area contributed by atoms with Crippen molar-refractivity contribution in [2.75, 3.05) is 26.7 Å². The molecule has 0 aromatic heterocycles. The summed E-state index contributed by atoms with van der Waals surface area (Å²) in [7, 11) is -2.61. The summed E-state index contributed by atoms with van der Waals surface area (Å²) < 4.78 is 45.8. The van der Waals surface area contributed by atoms with E-state index in [-0.39, 0.29) is 28.5 Å². The molecule has 1 aromatic rings. The minimum Gasteiger partial charge on any atom is -0.495 e. The lowest BCUT2D eigenvalue weighted by Crippen LogP contribution is -2.46. The number of benzene rings is 1. The minimum atomic E-state index is -3.95. The molecule has 0 aliphatic carbocycles. The Morgan fingerprint density at radius 2 is 2.08 bits per heavy atom. The maximum atomic E-state index is 13.6. The summed E-state index contributed by atoms with van der Waals surface area (Å²) in [5.41, 5.74) is -0.0506. The zero-order chi connectivity index (χ0) is 19.5. The Balaban J connectivity index is 2.18. The number of methoxy groups -OCH3 is 1. The van der Waals surface area contributed by atoms with Crippen LogP contribution in [0.15, 0.2) is 23.1 Å². The maximum Gasteiger partial charge on any atom is 0.246 e. The van der Waals surface area contributed by atoms with E-state index in [0.717, 1.165) is 12.1 Å². The number of rotatable bonds is 5. The van der Waals surface area contributed by atoms with Gasteiger partial charge in [0.1, 0.15) is 16.5 Å². The lowest BCUT2D eigenvalue weighted by molar-refractivity contribution is -0.126. The van der Waals surface area contributed by atoms with Crippen LogP contribution >= 0.6 is 0 Å². The number of nitrogens with one attached hydrogen (secondary N) is 1. The zero-order valence-electron chi connectivity index (χ0n) is 15.7. The summed E-state index contributed by atoms with van der Waals surface area (Å²) in [6, 6.07) is 3.40. The highest BCUT2D eigenvalue weighted by atomic mass is 32.2. The van der Waals surface area contributed by atoms with Crippen LogP contribution in [0, 0.1) is 17.2 Å². The predicted molar refractivity (Wildman–Crippen MR) is 96.9 cm³/mol. The standard InChI is InChI=1S/C18H27FN2O4S/c1-18(2,3)12-20-17(22)13-6-5-9-21(11-13)26(23,24)16-10-14(19)7-8-15(16)25-4/h7-8,10,13H,5-6,9,11-12H2,1-4H3,(H,20,22)/t13-/m0/s1. The van der Waals surface area contributed by atoms with Crippen LogP contribution in [0.3, 0.4) is 0 Å². The van der Waals surface area contributed by atoms with Crippen LogP contribution in [-0.4, -0.2) is 45.4 Å². The van der Waals surface area contributed by atoms with Crippen LogP contribution in [-0.2, 0) is 14.8 Å². The molecule has 1 N–H and O–H groups in total. The van der Waals surface area contributed by atoms with Crippen LogP contribution in [0.25, 0.3) is 0 Å². The van der Waals surface area contributed by atoms with Crippen molar-refractivity contribution >= 4 is 15.9 Å². The maximum absolute atomic E-state index is 13.6. The van der Waals surface area contributed by atoms with Gasteiger partial charge in [-0.2, -0.15) is 4.31 Å². The number of hydrogen-bond donors (Lipinski definition) is 1. The molecule has 0 spiro atoms. The molecule has 1 fully saturated rings. The van der Waals surface area contributed by atoms with Gasteiger partial charge in [-0.05, 0) is 36.5 Å². The summed E-state index contributed by atoms with van der Waals surface area (Å²) >= 11 is 0. The Hall–Kier alpha value is -1.67. The van der Waals surface area contributed by atoms with Crippen molar-refractivity contribution in [2.45, 2.75) is 38.5 Å². The number of halogens is 1. The number of carbonyl (C=O) groups excluding carboxylic acids is 1. The van der Waals surface area contributed by atoms with Crippen LogP contribution in [0.2, 0.25) is 0 Å². The highest BCUT2D eigenvalue weighted by Crippen LogP contribution is 2.30. The van der Waals surface area contributed by atoms with Gasteiger partial charge in [-0.1, -0.05) is 20.8 Å². The Bertz CT molecular complexity index is 759. The molecule has 1 saturated heterocycles. The first-order valence-corrected chi connectivity index (χ1v) is 10.1. The average molecular weight is 386 g/mol. The van der Waals surface area contributed by atoms with Crippen molar-refractivity contribution < 1.29 is 22.3 Å². The molecule has 1 aliphatic heterocycles. The third-order valence-corrected chi connectivity index (χ3v) is 6.18. The Kier molecular flexibility index (Phi) is 6.29. The third-order valence-electron chi connectivity index (χ3n) is 4.29. The van der Waals surface area contributed by atoms with Gasteiger partial charge in [0.2, 0.25) is 15.9 Å². The van der Waals surface area contributed by atoms with Crippen LogP contribution < -0.4 is 10.1 Å². The van der Waals surface area contributed by atoms with Gasteiger partial charge >= 0.3 is 0 Å². The van der Waals surface area contributed by atoms with E-state index in [4.69, 9.17) is 4.74 Å². The molecule has 8 heteroatoms. The van der Waals surface area contributed by atoms with Crippen molar-refractivity contribution in [3.63, 3.8) is 0 Å². The van der Waals surface area contributed by atoms with E-state index in [9.17, 15) is 17.6 Å². The third kappa shape index (κ3) is 4.94. The summed E-state index contributed by atoms with van der Waals surface area (Å²) in [6.45, 7) is 6.94. The molecular formula is C18H27FN2O4S. The lowest BCUT2D eigenvalue weighted by Gasteiger charge is -2.32. The topological polar surface area (TPSA) is 75.7 Å². The first-order valence-electron chi connectivity index (χ1n) is 8.66. The summed E-state index contributed by atoms with van der Waals surface area (Å²) in [5.74, 6) is -1.13. The van der Waals surface area contributed by atoms with E-state index in [2.05, 4.69) is 5.32 Å². The second-order valence-corrected chi connectivity index (χ2v) is 9.68. The molecule has 1 amide bonds. The molecule has 26 heavy (non-hydrogen) atoms. The van der Waals surface area contributed by atoms with Crippen molar-refractivity contribution in [1.29, 1.82) is 0 Å².